The van der Waals surface area contributed by atoms with E-state index >= 15 is 0 Å². The molecule has 1 aliphatic heterocycles. The number of likely N-dealkylation sites (tertiary alicyclic amines) is 1. The summed E-state index contributed by atoms with van der Waals surface area (Å²) < 4.78 is 4.97. The van der Waals surface area contributed by atoms with E-state index in [4.69, 9.17) is 4.74 Å². The molecule has 0 aromatic heterocycles. The van der Waals surface area contributed by atoms with Crippen molar-refractivity contribution in [3.63, 3.8) is 0 Å². The Hall–Kier alpha value is -2.45. The fourth-order valence-electron chi connectivity index (χ4n) is 3.17. The molecule has 0 atom stereocenters. The molecule has 154 valence electrons. The van der Waals surface area contributed by atoms with Gasteiger partial charge in [0.25, 0.3) is 0 Å². The molecule has 28 heavy (non-hydrogen) atoms. The van der Waals surface area contributed by atoms with E-state index in [0.29, 0.717) is 31.1 Å². The molecule has 3 N–H and O–H groups in total. The van der Waals surface area contributed by atoms with Crippen LogP contribution < -0.4 is 16.0 Å². The van der Waals surface area contributed by atoms with Gasteiger partial charge in [-0.25, -0.2) is 0 Å². The Labute approximate surface area is 166 Å². The molecule has 0 saturated carbocycles. The van der Waals surface area contributed by atoms with Crippen molar-refractivity contribution in [3.8, 4) is 0 Å². The van der Waals surface area contributed by atoms with E-state index in [1.165, 1.54) is 6.92 Å². The first-order valence-corrected chi connectivity index (χ1v) is 9.64. The first kappa shape index (κ1) is 21.8. The lowest BCUT2D eigenvalue weighted by molar-refractivity contribution is -0.126. The molecule has 1 aliphatic rings. The maximum absolute atomic E-state index is 12.2. The summed E-state index contributed by atoms with van der Waals surface area (Å²) in [5.41, 5.74) is 1.37. The van der Waals surface area contributed by atoms with Gasteiger partial charge in [0.05, 0.1) is 6.54 Å². The molecule has 3 amide bonds. The van der Waals surface area contributed by atoms with Crippen LogP contribution in [0.1, 0.15) is 26.2 Å². The summed E-state index contributed by atoms with van der Waals surface area (Å²) >= 11 is 0. The van der Waals surface area contributed by atoms with E-state index in [0.717, 1.165) is 32.4 Å². The van der Waals surface area contributed by atoms with Crippen molar-refractivity contribution in [2.24, 2.45) is 5.92 Å². The van der Waals surface area contributed by atoms with Gasteiger partial charge in [0, 0.05) is 44.5 Å². The molecule has 1 saturated heterocycles. The number of rotatable bonds is 9. The van der Waals surface area contributed by atoms with Gasteiger partial charge in [-0.1, -0.05) is 0 Å². The lowest BCUT2D eigenvalue weighted by Crippen LogP contribution is -2.43. The number of ether oxygens (including phenoxy) is 1. The minimum atomic E-state index is -0.135. The highest BCUT2D eigenvalue weighted by molar-refractivity contribution is 5.93. The fourth-order valence-corrected chi connectivity index (χ4v) is 3.17. The summed E-state index contributed by atoms with van der Waals surface area (Å²) in [6, 6.07) is 6.99. The molecule has 1 aromatic rings. The molecule has 2 rings (SSSR count). The van der Waals surface area contributed by atoms with Crippen molar-refractivity contribution < 1.29 is 19.1 Å². The average molecular weight is 390 g/mol. The maximum atomic E-state index is 12.2. The van der Waals surface area contributed by atoms with Crippen molar-refractivity contribution in [2.45, 2.75) is 26.2 Å². The Morgan fingerprint density at radius 1 is 1.07 bits per heavy atom. The predicted octanol–water partition coefficient (Wildman–Crippen LogP) is 1.45. The summed E-state index contributed by atoms with van der Waals surface area (Å²) in [7, 11) is 1.65. The summed E-state index contributed by atoms with van der Waals surface area (Å²) in [5, 5.41) is 8.49. The van der Waals surface area contributed by atoms with E-state index in [1.807, 2.05) is 0 Å². The van der Waals surface area contributed by atoms with Crippen LogP contribution in [0.15, 0.2) is 24.3 Å². The van der Waals surface area contributed by atoms with Crippen LogP contribution >= 0.6 is 0 Å². The number of methoxy groups -OCH3 is 1. The minimum absolute atomic E-state index is 0.0168. The normalized spacial score (nSPS) is 15.1. The third-order valence-corrected chi connectivity index (χ3v) is 4.64. The van der Waals surface area contributed by atoms with Crippen molar-refractivity contribution >= 4 is 29.1 Å². The lowest BCUT2D eigenvalue weighted by atomic mass is 9.96. The number of piperidine rings is 1. The Bertz CT molecular complexity index is 655. The van der Waals surface area contributed by atoms with Gasteiger partial charge >= 0.3 is 0 Å². The highest BCUT2D eigenvalue weighted by atomic mass is 16.5. The number of hydrogen-bond acceptors (Lipinski definition) is 5. The first-order chi connectivity index (χ1) is 13.5. The van der Waals surface area contributed by atoms with Crippen molar-refractivity contribution in [1.29, 1.82) is 0 Å². The van der Waals surface area contributed by atoms with Gasteiger partial charge in [0.1, 0.15) is 0 Å². The van der Waals surface area contributed by atoms with Gasteiger partial charge in [-0.2, -0.15) is 0 Å². The van der Waals surface area contributed by atoms with Gasteiger partial charge < -0.3 is 20.7 Å². The van der Waals surface area contributed by atoms with E-state index < -0.39 is 0 Å². The van der Waals surface area contributed by atoms with Crippen LogP contribution in [0, 0.1) is 5.92 Å². The second-order valence-electron chi connectivity index (χ2n) is 6.99. The number of anilines is 2. The van der Waals surface area contributed by atoms with Crippen molar-refractivity contribution in [1.82, 2.24) is 10.2 Å². The standard InChI is InChI=1S/C20H30N4O4/c1-15(25)22-17-4-6-18(7-5-17)23-19(26)14-24-11-8-16(9-12-24)20(27)21-10-3-13-28-2/h4-7,16H,3,8-14H2,1-2H3,(H,21,27)(H,22,25)(H,23,26). The fraction of sp³-hybridized carbons (Fsp3) is 0.550. The molecule has 0 spiro atoms. The largest absolute Gasteiger partial charge is 0.385 e. The van der Waals surface area contributed by atoms with Gasteiger partial charge in [-0.05, 0) is 56.6 Å². The van der Waals surface area contributed by atoms with Crippen LogP contribution in [0.25, 0.3) is 0 Å². The maximum Gasteiger partial charge on any atom is 0.238 e. The lowest BCUT2D eigenvalue weighted by Gasteiger charge is -2.30. The number of benzene rings is 1. The van der Waals surface area contributed by atoms with Crippen LogP contribution in [0.2, 0.25) is 0 Å². The van der Waals surface area contributed by atoms with Crippen molar-refractivity contribution in [3.05, 3.63) is 24.3 Å². The SMILES string of the molecule is COCCCNC(=O)C1CCN(CC(=O)Nc2ccc(NC(C)=O)cc2)CC1. The number of carbonyl (C=O) groups excluding carboxylic acids is 3. The number of hydrogen-bond donors (Lipinski definition) is 3. The molecular weight excluding hydrogens is 360 g/mol. The molecule has 1 aromatic carbocycles. The van der Waals surface area contributed by atoms with Gasteiger partial charge in [0.15, 0.2) is 0 Å². The minimum Gasteiger partial charge on any atom is -0.385 e. The first-order valence-electron chi connectivity index (χ1n) is 9.64. The second-order valence-corrected chi connectivity index (χ2v) is 6.99. The van der Waals surface area contributed by atoms with Crippen LogP contribution in [0.4, 0.5) is 11.4 Å². The van der Waals surface area contributed by atoms with E-state index in [2.05, 4.69) is 20.9 Å². The van der Waals surface area contributed by atoms with Crippen LogP contribution in [-0.4, -0.2) is 62.5 Å². The topological polar surface area (TPSA) is 99.8 Å². The summed E-state index contributed by atoms with van der Waals surface area (Å²) in [6.45, 7) is 4.48. The predicted molar refractivity (Wildman–Crippen MR) is 108 cm³/mol. The van der Waals surface area contributed by atoms with E-state index in [-0.39, 0.29) is 23.6 Å². The molecule has 0 unspecified atom stereocenters. The third-order valence-electron chi connectivity index (χ3n) is 4.64. The average Bonchev–Trinajstić information content (AvgIpc) is 2.67. The summed E-state index contributed by atoms with van der Waals surface area (Å²) in [4.78, 5) is 37.5. The highest BCUT2D eigenvalue weighted by Gasteiger charge is 2.25. The van der Waals surface area contributed by atoms with Gasteiger partial charge in [0.2, 0.25) is 17.7 Å². The molecule has 0 aliphatic carbocycles. The molecule has 1 fully saturated rings. The summed E-state index contributed by atoms with van der Waals surface area (Å²) in [6.07, 6.45) is 2.33. The Balaban J connectivity index is 1.68. The molecular formula is C20H30N4O4. The molecule has 0 bridgehead atoms. The summed E-state index contributed by atoms with van der Waals surface area (Å²) in [5.74, 6) is -0.110. The number of carbonyl (C=O) groups is 3. The van der Waals surface area contributed by atoms with Gasteiger partial charge in [-0.15, -0.1) is 0 Å². The Morgan fingerprint density at radius 2 is 1.68 bits per heavy atom. The zero-order valence-corrected chi connectivity index (χ0v) is 16.6. The monoisotopic (exact) mass is 390 g/mol. The zero-order chi connectivity index (χ0) is 20.4. The highest BCUT2D eigenvalue weighted by Crippen LogP contribution is 2.18. The Kier molecular flexibility index (Phi) is 8.90. The Morgan fingerprint density at radius 3 is 2.25 bits per heavy atom. The number of nitrogens with zero attached hydrogens (tertiary/aromatic N) is 1. The van der Waals surface area contributed by atoms with Crippen LogP contribution in [0.3, 0.4) is 0 Å². The quantitative estimate of drug-likeness (QED) is 0.554. The second kappa shape index (κ2) is 11.4. The van der Waals surface area contributed by atoms with Crippen LogP contribution in [-0.2, 0) is 19.1 Å². The smallest absolute Gasteiger partial charge is 0.238 e. The number of amides is 3. The van der Waals surface area contributed by atoms with E-state index in [9.17, 15) is 14.4 Å². The third kappa shape index (κ3) is 7.66. The zero-order valence-electron chi connectivity index (χ0n) is 16.6. The molecule has 0 radical (unpaired) electrons. The molecule has 8 heteroatoms. The number of nitrogens with one attached hydrogen (secondary N) is 3. The molecule has 1 heterocycles. The molecule has 8 nitrogen and oxygen atoms in total. The van der Waals surface area contributed by atoms with Crippen LogP contribution in [0.5, 0.6) is 0 Å². The van der Waals surface area contributed by atoms with E-state index in [1.54, 1.807) is 31.4 Å². The van der Waals surface area contributed by atoms with Crippen molar-refractivity contribution in [2.75, 3.05) is 50.5 Å². The van der Waals surface area contributed by atoms with Gasteiger partial charge in [-0.3, -0.25) is 19.3 Å².